The summed E-state index contributed by atoms with van der Waals surface area (Å²) in [6.07, 6.45) is 4.98. The fourth-order valence-electron chi connectivity index (χ4n) is 6.04. The minimum absolute atomic E-state index is 0.212. The van der Waals surface area contributed by atoms with Gasteiger partial charge in [0.15, 0.2) is 0 Å². The molecule has 3 unspecified atom stereocenters. The molecule has 0 spiro atoms. The van der Waals surface area contributed by atoms with Crippen molar-refractivity contribution >= 4 is 35.6 Å². The number of likely N-dealkylation sites (tertiary alicyclic amines) is 2. The van der Waals surface area contributed by atoms with E-state index in [0.29, 0.717) is 36.8 Å². The van der Waals surface area contributed by atoms with Crippen LogP contribution in [0.1, 0.15) is 50.0 Å². The fraction of sp³-hybridized carbons (Fsp3) is 0.630. The predicted octanol–water partition coefficient (Wildman–Crippen LogP) is 1.50. The largest absolute Gasteiger partial charge is 0.480 e. The third-order valence-corrected chi connectivity index (χ3v) is 8.26. The lowest BCUT2D eigenvalue weighted by Gasteiger charge is -2.39. The van der Waals surface area contributed by atoms with Crippen LogP contribution in [0.2, 0.25) is 0 Å². The molecule has 1 aromatic carbocycles. The summed E-state index contributed by atoms with van der Waals surface area (Å²) in [4.78, 5) is 55.5. The number of carbonyl (C=O) groups excluding carboxylic acids is 3. The number of likely N-dealkylation sites (N-methyl/N-ethyl adjacent to an activating group) is 1. The van der Waals surface area contributed by atoms with Gasteiger partial charge < -0.3 is 19.8 Å². The van der Waals surface area contributed by atoms with Crippen molar-refractivity contribution in [2.24, 2.45) is 5.92 Å². The Hall–Kier alpha value is -2.98. The molecule has 0 bridgehead atoms. The van der Waals surface area contributed by atoms with E-state index in [-0.39, 0.29) is 18.4 Å². The lowest BCUT2D eigenvalue weighted by molar-refractivity contribution is -0.145. The number of piperidine rings is 3. The summed E-state index contributed by atoms with van der Waals surface area (Å²) in [6, 6.07) is 5.00. The number of benzene rings is 1. The minimum atomic E-state index is -0.725. The molecule has 1 aromatic rings. The van der Waals surface area contributed by atoms with Crippen molar-refractivity contribution in [2.75, 3.05) is 57.1 Å². The van der Waals surface area contributed by atoms with E-state index in [4.69, 9.17) is 0 Å². The number of anilines is 2. The predicted molar refractivity (Wildman–Crippen MR) is 141 cm³/mol. The summed E-state index contributed by atoms with van der Waals surface area (Å²) in [6.45, 7) is 3.73. The van der Waals surface area contributed by atoms with E-state index in [1.807, 2.05) is 37.0 Å². The molecule has 2 N–H and O–H groups in total. The smallest absolute Gasteiger partial charge is 0.320 e. The highest BCUT2D eigenvalue weighted by Gasteiger charge is 2.34. The second-order valence-electron chi connectivity index (χ2n) is 10.9. The van der Waals surface area contributed by atoms with Crippen LogP contribution in [0, 0.1) is 5.92 Å². The molecule has 10 heteroatoms. The van der Waals surface area contributed by atoms with Crippen molar-refractivity contribution in [2.45, 2.75) is 56.5 Å². The van der Waals surface area contributed by atoms with E-state index in [2.05, 4.69) is 22.3 Å². The molecule has 3 heterocycles. The number of carboxylic acid groups (broad SMARTS) is 1. The molecule has 3 fully saturated rings. The van der Waals surface area contributed by atoms with Crippen molar-refractivity contribution in [1.29, 1.82) is 0 Å². The van der Waals surface area contributed by atoms with Crippen molar-refractivity contribution in [3.8, 4) is 0 Å². The Bertz CT molecular complexity index is 1020. The van der Waals surface area contributed by atoms with Gasteiger partial charge in [-0.15, -0.1) is 0 Å². The standard InChI is InChI=1S/C27H39N5O5/c1-29(2)23-15-20(4-5-21(23)32(17-33)22-6-7-25(34)28-26(22)35)19-9-12-31(13-10-19)16-18-8-11-30(3)24(14-18)27(36)37/h4-5,15,17-19,22,24H,6-14,16H2,1-3H3,(H,36,37)(H,28,34,35). The monoisotopic (exact) mass is 513 g/mol. The fourth-order valence-corrected chi connectivity index (χ4v) is 6.04. The summed E-state index contributed by atoms with van der Waals surface area (Å²) in [5, 5.41) is 11.8. The maximum Gasteiger partial charge on any atom is 0.320 e. The van der Waals surface area contributed by atoms with Crippen LogP contribution in [0.3, 0.4) is 0 Å². The molecule has 3 saturated heterocycles. The third-order valence-electron chi connectivity index (χ3n) is 8.26. The van der Waals surface area contributed by atoms with Crippen LogP contribution in [0.5, 0.6) is 0 Å². The lowest BCUT2D eigenvalue weighted by Crippen LogP contribution is -2.52. The average molecular weight is 514 g/mol. The number of carboxylic acids is 1. The third kappa shape index (κ3) is 6.13. The first-order valence-corrected chi connectivity index (χ1v) is 13.2. The topological polar surface area (TPSA) is 114 Å². The average Bonchev–Trinajstić information content (AvgIpc) is 2.87. The summed E-state index contributed by atoms with van der Waals surface area (Å²) in [5.41, 5.74) is 2.74. The number of aliphatic carboxylic acids is 1. The van der Waals surface area contributed by atoms with Crippen molar-refractivity contribution in [3.05, 3.63) is 23.8 Å². The molecule has 3 aliphatic heterocycles. The zero-order chi connectivity index (χ0) is 26.7. The van der Waals surface area contributed by atoms with Crippen LogP contribution < -0.4 is 15.1 Å². The Morgan fingerprint density at radius 2 is 1.84 bits per heavy atom. The number of nitrogens with zero attached hydrogens (tertiary/aromatic N) is 4. The molecule has 3 aliphatic rings. The van der Waals surface area contributed by atoms with Crippen molar-refractivity contribution < 1.29 is 24.3 Å². The van der Waals surface area contributed by atoms with E-state index in [1.54, 1.807) is 0 Å². The Labute approximate surface area is 218 Å². The number of rotatable bonds is 8. The van der Waals surface area contributed by atoms with Gasteiger partial charge in [-0.05, 0) is 88.3 Å². The molecular weight excluding hydrogens is 474 g/mol. The zero-order valence-electron chi connectivity index (χ0n) is 22.1. The van der Waals surface area contributed by atoms with Gasteiger partial charge in [-0.25, -0.2) is 0 Å². The van der Waals surface area contributed by atoms with E-state index in [9.17, 15) is 24.3 Å². The first-order chi connectivity index (χ1) is 17.7. The minimum Gasteiger partial charge on any atom is -0.480 e. The van der Waals surface area contributed by atoms with Crippen LogP contribution in [-0.4, -0.2) is 98.5 Å². The van der Waals surface area contributed by atoms with Gasteiger partial charge in [-0.1, -0.05) is 6.07 Å². The maximum absolute atomic E-state index is 12.4. The van der Waals surface area contributed by atoms with Gasteiger partial charge in [0, 0.05) is 27.1 Å². The molecule has 3 amide bonds. The van der Waals surface area contributed by atoms with Crippen LogP contribution in [-0.2, 0) is 19.2 Å². The van der Waals surface area contributed by atoms with Gasteiger partial charge in [0.2, 0.25) is 18.2 Å². The highest BCUT2D eigenvalue weighted by Crippen LogP contribution is 2.37. The Balaban J connectivity index is 1.41. The quantitative estimate of drug-likeness (QED) is 0.397. The Kier molecular flexibility index (Phi) is 8.49. The Morgan fingerprint density at radius 3 is 2.46 bits per heavy atom. The first-order valence-electron chi connectivity index (χ1n) is 13.2. The van der Waals surface area contributed by atoms with Crippen LogP contribution >= 0.6 is 0 Å². The molecule has 0 aromatic heterocycles. The molecule has 3 atom stereocenters. The second kappa shape index (κ2) is 11.6. The highest BCUT2D eigenvalue weighted by atomic mass is 16.4. The van der Waals surface area contributed by atoms with Gasteiger partial charge in [0.25, 0.3) is 0 Å². The molecule has 4 rings (SSSR count). The van der Waals surface area contributed by atoms with Gasteiger partial charge in [-0.2, -0.15) is 0 Å². The first kappa shape index (κ1) is 27.1. The SMILES string of the molecule is CN(C)c1cc(C2CCN(CC3CCN(C)C(C(=O)O)C3)CC2)ccc1N(C=O)C1CCC(=O)NC1=O. The molecule has 0 aliphatic carbocycles. The van der Waals surface area contributed by atoms with E-state index in [1.165, 1.54) is 10.5 Å². The number of imide groups is 1. The molecule has 0 radical (unpaired) electrons. The molecule has 10 nitrogen and oxygen atoms in total. The summed E-state index contributed by atoms with van der Waals surface area (Å²) < 4.78 is 0. The van der Waals surface area contributed by atoms with Gasteiger partial charge in [-0.3, -0.25) is 29.4 Å². The van der Waals surface area contributed by atoms with E-state index in [0.717, 1.165) is 51.1 Å². The summed E-state index contributed by atoms with van der Waals surface area (Å²) in [7, 11) is 5.74. The zero-order valence-corrected chi connectivity index (χ0v) is 22.1. The summed E-state index contributed by atoms with van der Waals surface area (Å²) in [5.74, 6) is -0.664. The van der Waals surface area contributed by atoms with E-state index < -0.39 is 17.9 Å². The molecule has 202 valence electrons. The van der Waals surface area contributed by atoms with Gasteiger partial charge >= 0.3 is 5.97 Å². The van der Waals surface area contributed by atoms with Crippen LogP contribution in [0.4, 0.5) is 11.4 Å². The van der Waals surface area contributed by atoms with Crippen molar-refractivity contribution in [1.82, 2.24) is 15.1 Å². The normalized spacial score (nSPS) is 26.0. The highest BCUT2D eigenvalue weighted by molar-refractivity contribution is 6.04. The second-order valence-corrected chi connectivity index (χ2v) is 10.9. The Morgan fingerprint density at radius 1 is 1.11 bits per heavy atom. The van der Waals surface area contributed by atoms with Crippen LogP contribution in [0.15, 0.2) is 18.2 Å². The molecular formula is C27H39N5O5. The number of carbonyl (C=O) groups is 4. The summed E-state index contributed by atoms with van der Waals surface area (Å²) >= 11 is 0. The number of nitrogens with one attached hydrogen (secondary N) is 1. The van der Waals surface area contributed by atoms with Gasteiger partial charge in [0.05, 0.1) is 11.4 Å². The number of amides is 3. The van der Waals surface area contributed by atoms with Crippen molar-refractivity contribution in [3.63, 3.8) is 0 Å². The van der Waals surface area contributed by atoms with E-state index >= 15 is 0 Å². The lowest BCUT2D eigenvalue weighted by atomic mass is 9.86. The maximum atomic E-state index is 12.4. The van der Waals surface area contributed by atoms with Crippen LogP contribution in [0.25, 0.3) is 0 Å². The number of hydrogen-bond acceptors (Lipinski definition) is 7. The molecule has 37 heavy (non-hydrogen) atoms. The molecule has 0 saturated carbocycles. The number of hydrogen-bond donors (Lipinski definition) is 2. The van der Waals surface area contributed by atoms with Gasteiger partial charge in [0.1, 0.15) is 12.1 Å².